The van der Waals surface area contributed by atoms with Gasteiger partial charge in [-0.2, -0.15) is 0 Å². The highest BCUT2D eigenvalue weighted by molar-refractivity contribution is 5.55. The summed E-state index contributed by atoms with van der Waals surface area (Å²) in [7, 11) is 2.24. The van der Waals surface area contributed by atoms with E-state index < -0.39 is 0 Å². The zero-order valence-corrected chi connectivity index (χ0v) is 12.5. The van der Waals surface area contributed by atoms with Crippen LogP contribution in [0.2, 0.25) is 0 Å². The third kappa shape index (κ3) is 2.10. The van der Waals surface area contributed by atoms with Crippen molar-refractivity contribution >= 4 is 11.4 Å². The first kappa shape index (κ1) is 12.6. The first-order valence-corrected chi connectivity index (χ1v) is 8.25. The molecule has 4 fully saturated rings. The number of benzene rings is 1. The summed E-state index contributed by atoms with van der Waals surface area (Å²) in [5, 5.41) is 0. The van der Waals surface area contributed by atoms with Gasteiger partial charge in [0, 0.05) is 25.0 Å². The van der Waals surface area contributed by atoms with Gasteiger partial charge in [0.15, 0.2) is 0 Å². The lowest BCUT2D eigenvalue weighted by molar-refractivity contribution is -0.0325. The quantitative estimate of drug-likeness (QED) is 0.847. The highest BCUT2D eigenvalue weighted by Gasteiger charge is 2.48. The Bertz CT molecular complexity index is 468. The molecule has 0 radical (unpaired) electrons. The molecule has 0 spiro atoms. The van der Waals surface area contributed by atoms with Crippen molar-refractivity contribution in [3.05, 3.63) is 24.3 Å². The maximum absolute atomic E-state index is 5.92. The minimum atomic E-state index is 0.874. The molecule has 0 atom stereocenters. The van der Waals surface area contributed by atoms with E-state index in [4.69, 9.17) is 5.73 Å². The number of anilines is 2. The van der Waals surface area contributed by atoms with E-state index in [1.807, 2.05) is 6.07 Å². The molecule has 0 amide bonds. The summed E-state index contributed by atoms with van der Waals surface area (Å²) < 4.78 is 0. The van der Waals surface area contributed by atoms with E-state index in [-0.39, 0.29) is 0 Å². The Morgan fingerprint density at radius 1 is 1.05 bits per heavy atom. The van der Waals surface area contributed by atoms with Gasteiger partial charge in [0.2, 0.25) is 0 Å². The maximum Gasteiger partial charge on any atom is 0.0384 e. The van der Waals surface area contributed by atoms with Crippen LogP contribution in [0.5, 0.6) is 0 Å². The van der Waals surface area contributed by atoms with Crippen LogP contribution in [0.3, 0.4) is 0 Å². The zero-order valence-electron chi connectivity index (χ0n) is 12.5. The van der Waals surface area contributed by atoms with Crippen molar-refractivity contribution in [3.63, 3.8) is 0 Å². The molecular formula is C18H26N2. The van der Waals surface area contributed by atoms with Gasteiger partial charge in [-0.3, -0.25) is 0 Å². The summed E-state index contributed by atoms with van der Waals surface area (Å²) in [6.07, 6.45) is 7.61. The van der Waals surface area contributed by atoms with Crippen LogP contribution in [0, 0.1) is 29.6 Å². The highest BCUT2D eigenvalue weighted by Crippen LogP contribution is 2.56. The molecule has 4 saturated carbocycles. The molecule has 1 aromatic carbocycles. The monoisotopic (exact) mass is 270 g/mol. The van der Waals surface area contributed by atoms with Crippen LogP contribution in [0.1, 0.15) is 32.1 Å². The van der Waals surface area contributed by atoms with E-state index in [0.717, 1.165) is 35.3 Å². The third-order valence-electron chi connectivity index (χ3n) is 6.22. The second-order valence-electron chi connectivity index (χ2n) is 7.57. The fraction of sp³-hybridized carbons (Fsp3) is 0.667. The van der Waals surface area contributed by atoms with E-state index in [1.54, 1.807) is 6.42 Å². The maximum atomic E-state index is 5.92. The molecule has 0 saturated heterocycles. The predicted octanol–water partition coefficient (Wildman–Crippen LogP) is 3.78. The van der Waals surface area contributed by atoms with Gasteiger partial charge in [-0.05, 0) is 79.9 Å². The Morgan fingerprint density at radius 2 is 1.70 bits per heavy atom. The lowest BCUT2D eigenvalue weighted by atomic mass is 9.52. The first-order valence-electron chi connectivity index (χ1n) is 8.25. The number of nitrogens with zero attached hydrogens (tertiary/aromatic N) is 1. The van der Waals surface area contributed by atoms with Gasteiger partial charge in [0.05, 0.1) is 0 Å². The van der Waals surface area contributed by atoms with E-state index in [1.165, 1.54) is 37.9 Å². The van der Waals surface area contributed by atoms with Crippen LogP contribution in [0.15, 0.2) is 24.3 Å². The lowest BCUT2D eigenvalue weighted by Crippen LogP contribution is -2.48. The van der Waals surface area contributed by atoms with Gasteiger partial charge >= 0.3 is 0 Å². The Labute approximate surface area is 122 Å². The summed E-state index contributed by atoms with van der Waals surface area (Å²) in [5.74, 6) is 5.09. The number of nitrogens with two attached hydrogens (primary N) is 1. The van der Waals surface area contributed by atoms with E-state index in [9.17, 15) is 0 Å². The standard InChI is InChI=1S/C18H26N2/c1-20(17-4-2-3-16(19)10-17)11-18-14-6-12-5-13(8-14)9-15(18)7-12/h2-4,10,12-15,18H,5-9,11,19H2,1H3. The average molecular weight is 270 g/mol. The molecule has 4 aliphatic carbocycles. The largest absolute Gasteiger partial charge is 0.399 e. The third-order valence-corrected chi connectivity index (χ3v) is 6.22. The molecule has 4 aliphatic rings. The molecule has 20 heavy (non-hydrogen) atoms. The molecule has 2 N–H and O–H groups in total. The highest BCUT2D eigenvalue weighted by atomic mass is 15.1. The SMILES string of the molecule is CN(CC1C2CC3CC(C2)CC1C3)c1cccc(N)c1. The zero-order chi connectivity index (χ0) is 13.7. The number of hydrogen-bond donors (Lipinski definition) is 1. The summed E-state index contributed by atoms with van der Waals surface area (Å²) in [4.78, 5) is 2.43. The van der Waals surface area contributed by atoms with Crippen molar-refractivity contribution in [2.75, 3.05) is 24.2 Å². The van der Waals surface area contributed by atoms with Crippen molar-refractivity contribution in [1.82, 2.24) is 0 Å². The smallest absolute Gasteiger partial charge is 0.0384 e. The fourth-order valence-corrected chi connectivity index (χ4v) is 5.52. The lowest BCUT2D eigenvalue weighted by Gasteiger charge is -2.55. The minimum Gasteiger partial charge on any atom is -0.399 e. The average Bonchev–Trinajstić information content (AvgIpc) is 2.42. The van der Waals surface area contributed by atoms with Crippen molar-refractivity contribution < 1.29 is 0 Å². The summed E-state index contributed by atoms with van der Waals surface area (Å²) >= 11 is 0. The second-order valence-corrected chi connectivity index (χ2v) is 7.57. The van der Waals surface area contributed by atoms with Crippen LogP contribution >= 0.6 is 0 Å². The Kier molecular flexibility index (Phi) is 2.94. The van der Waals surface area contributed by atoms with Gasteiger partial charge in [0.25, 0.3) is 0 Å². The van der Waals surface area contributed by atoms with Gasteiger partial charge < -0.3 is 10.6 Å². The summed E-state index contributed by atoms with van der Waals surface area (Å²) in [6.45, 7) is 1.22. The van der Waals surface area contributed by atoms with E-state index in [0.29, 0.717) is 0 Å². The van der Waals surface area contributed by atoms with E-state index >= 15 is 0 Å². The topological polar surface area (TPSA) is 29.3 Å². The summed E-state index contributed by atoms with van der Waals surface area (Å²) in [6, 6.07) is 8.33. The van der Waals surface area contributed by atoms with Gasteiger partial charge in [-0.25, -0.2) is 0 Å². The first-order chi connectivity index (χ1) is 9.69. The van der Waals surface area contributed by atoms with Crippen molar-refractivity contribution in [2.45, 2.75) is 32.1 Å². The normalized spacial score (nSPS) is 38.1. The van der Waals surface area contributed by atoms with Crippen molar-refractivity contribution in [3.8, 4) is 0 Å². The molecule has 0 aliphatic heterocycles. The molecule has 0 aromatic heterocycles. The Balaban J connectivity index is 1.49. The molecule has 2 heteroatoms. The molecule has 108 valence electrons. The van der Waals surface area contributed by atoms with Crippen LogP contribution in [0.25, 0.3) is 0 Å². The molecule has 5 rings (SSSR count). The van der Waals surface area contributed by atoms with Gasteiger partial charge in [-0.1, -0.05) is 6.07 Å². The van der Waals surface area contributed by atoms with Crippen molar-refractivity contribution in [1.29, 1.82) is 0 Å². The number of hydrogen-bond acceptors (Lipinski definition) is 2. The molecule has 1 aromatic rings. The molecule has 4 bridgehead atoms. The van der Waals surface area contributed by atoms with Crippen LogP contribution in [-0.2, 0) is 0 Å². The van der Waals surface area contributed by atoms with Crippen LogP contribution < -0.4 is 10.6 Å². The predicted molar refractivity (Wildman–Crippen MR) is 84.7 cm³/mol. The number of nitrogen functional groups attached to an aromatic ring is 1. The second kappa shape index (κ2) is 4.68. The van der Waals surface area contributed by atoms with Crippen molar-refractivity contribution in [2.24, 2.45) is 29.6 Å². The number of rotatable bonds is 3. The molecular weight excluding hydrogens is 244 g/mol. The fourth-order valence-electron chi connectivity index (χ4n) is 5.52. The van der Waals surface area contributed by atoms with Crippen LogP contribution in [-0.4, -0.2) is 13.6 Å². The minimum absolute atomic E-state index is 0.874. The Hall–Kier alpha value is -1.18. The molecule has 2 nitrogen and oxygen atoms in total. The molecule has 0 heterocycles. The Morgan fingerprint density at radius 3 is 2.30 bits per heavy atom. The summed E-state index contributed by atoms with van der Waals surface area (Å²) in [5.41, 5.74) is 8.07. The van der Waals surface area contributed by atoms with Gasteiger partial charge in [0.1, 0.15) is 0 Å². The van der Waals surface area contributed by atoms with Gasteiger partial charge in [-0.15, -0.1) is 0 Å². The van der Waals surface area contributed by atoms with E-state index in [2.05, 4.69) is 30.1 Å². The molecule has 0 unspecified atom stereocenters. The van der Waals surface area contributed by atoms with Crippen LogP contribution in [0.4, 0.5) is 11.4 Å².